The van der Waals surface area contributed by atoms with Crippen LogP contribution in [0.4, 0.5) is 5.69 Å². The topological polar surface area (TPSA) is 88.5 Å². The number of rotatable bonds is 4. The van der Waals surface area contributed by atoms with Gasteiger partial charge >= 0.3 is 5.97 Å². The van der Waals surface area contributed by atoms with Crippen LogP contribution in [-0.4, -0.2) is 34.2 Å². The molecule has 0 aliphatic heterocycles. The fourth-order valence-electron chi connectivity index (χ4n) is 5.40. The zero-order valence-electron chi connectivity index (χ0n) is 13.8. The highest BCUT2D eigenvalue weighted by atomic mass is 35.5. The molecule has 4 fully saturated rings. The third-order valence-electron chi connectivity index (χ3n) is 5.83. The highest BCUT2D eigenvalue weighted by Gasteiger charge is 2.60. The molecule has 6 nitrogen and oxygen atoms in total. The Morgan fingerprint density at radius 3 is 2.68 bits per heavy atom. The maximum absolute atomic E-state index is 12.7. The smallest absolute Gasteiger partial charge is 0.312 e. The third-order valence-corrected chi connectivity index (χ3v) is 6.13. The van der Waals surface area contributed by atoms with E-state index < -0.39 is 16.9 Å². The third kappa shape index (κ3) is 3.13. The molecule has 4 aliphatic rings. The Kier molecular flexibility index (Phi) is 4.00. The van der Waals surface area contributed by atoms with Crippen molar-refractivity contribution in [3.63, 3.8) is 0 Å². The number of esters is 1. The van der Waals surface area contributed by atoms with E-state index in [1.54, 1.807) is 12.1 Å². The molecule has 25 heavy (non-hydrogen) atoms. The summed E-state index contributed by atoms with van der Waals surface area (Å²) >= 11 is 5.90. The Morgan fingerprint density at radius 2 is 2.04 bits per heavy atom. The van der Waals surface area contributed by atoms with E-state index in [-0.39, 0.29) is 17.7 Å². The van der Waals surface area contributed by atoms with E-state index in [0.29, 0.717) is 23.9 Å². The van der Waals surface area contributed by atoms with Crippen LogP contribution < -0.4 is 5.32 Å². The minimum absolute atomic E-state index is 0.186. The summed E-state index contributed by atoms with van der Waals surface area (Å²) in [4.78, 5) is 28.6. The van der Waals surface area contributed by atoms with E-state index in [2.05, 4.69) is 10.3 Å². The predicted molar refractivity (Wildman–Crippen MR) is 90.9 cm³/mol. The van der Waals surface area contributed by atoms with E-state index in [9.17, 15) is 14.7 Å². The standard InChI is InChI=1S/C18H21ClN2O4/c19-15-13(2-1-3-20-15)21-14(22)9-25-16(23)17-5-11-4-12(6-17)8-18(24,7-11)10-17/h1-3,11-12,24H,4-10H2,(H,21,22)/t11-,12+,17?,18?. The van der Waals surface area contributed by atoms with Gasteiger partial charge < -0.3 is 15.2 Å². The molecule has 0 aromatic carbocycles. The number of nitrogens with zero attached hydrogens (tertiary/aromatic N) is 1. The van der Waals surface area contributed by atoms with Gasteiger partial charge in [0.25, 0.3) is 5.91 Å². The van der Waals surface area contributed by atoms with Crippen molar-refractivity contribution in [2.45, 2.75) is 44.1 Å². The van der Waals surface area contributed by atoms with Crippen molar-refractivity contribution in [1.29, 1.82) is 0 Å². The minimum Gasteiger partial charge on any atom is -0.455 e. The molecule has 1 aromatic heterocycles. The molecule has 0 radical (unpaired) electrons. The fraction of sp³-hybridized carbons (Fsp3) is 0.611. The molecule has 1 heterocycles. The average Bonchev–Trinajstić information content (AvgIpc) is 2.52. The Bertz CT molecular complexity index is 709. The van der Waals surface area contributed by atoms with E-state index >= 15 is 0 Å². The van der Waals surface area contributed by atoms with Gasteiger partial charge in [0.05, 0.1) is 16.7 Å². The minimum atomic E-state index is -0.728. The normalized spacial score (nSPS) is 35.4. The molecular weight excluding hydrogens is 344 g/mol. The van der Waals surface area contributed by atoms with Crippen molar-refractivity contribution in [3.05, 3.63) is 23.5 Å². The van der Waals surface area contributed by atoms with Crippen LogP contribution in [0.25, 0.3) is 0 Å². The number of halogens is 1. The first-order chi connectivity index (χ1) is 11.9. The summed E-state index contributed by atoms with van der Waals surface area (Å²) in [6.45, 7) is -0.362. The Labute approximate surface area is 150 Å². The summed E-state index contributed by atoms with van der Waals surface area (Å²) in [5, 5.41) is 13.5. The lowest BCUT2D eigenvalue weighted by molar-refractivity contribution is -0.196. The van der Waals surface area contributed by atoms with Crippen LogP contribution >= 0.6 is 11.6 Å². The number of hydrogen-bond donors (Lipinski definition) is 2. The summed E-state index contributed by atoms with van der Waals surface area (Å²) in [5.74, 6) is -0.0252. The van der Waals surface area contributed by atoms with Crippen LogP contribution in [0.15, 0.2) is 18.3 Å². The molecule has 4 saturated carbocycles. The highest BCUT2D eigenvalue weighted by molar-refractivity contribution is 6.32. The second-order valence-electron chi connectivity index (χ2n) is 7.93. The lowest BCUT2D eigenvalue weighted by Gasteiger charge is -2.58. The molecule has 7 heteroatoms. The first-order valence-electron chi connectivity index (χ1n) is 8.68. The molecule has 0 spiro atoms. The molecule has 4 atom stereocenters. The van der Waals surface area contributed by atoms with E-state index in [1.807, 2.05) is 0 Å². The van der Waals surface area contributed by atoms with Gasteiger partial charge in [0.15, 0.2) is 11.8 Å². The molecule has 1 amide bonds. The van der Waals surface area contributed by atoms with Crippen LogP contribution in [0.3, 0.4) is 0 Å². The SMILES string of the molecule is O=C(COC(=O)C12C[C@@H]3C[C@@H](CC(O)(C3)C1)C2)Nc1cccnc1Cl. The van der Waals surface area contributed by atoms with Crippen LogP contribution in [0, 0.1) is 17.3 Å². The van der Waals surface area contributed by atoms with Crippen molar-refractivity contribution < 1.29 is 19.4 Å². The van der Waals surface area contributed by atoms with E-state index in [1.165, 1.54) is 6.20 Å². The molecule has 5 rings (SSSR count). The number of ether oxygens (including phenoxy) is 1. The second-order valence-corrected chi connectivity index (χ2v) is 8.29. The molecule has 0 saturated heterocycles. The zero-order chi connectivity index (χ0) is 17.7. The molecule has 2 N–H and O–H groups in total. The maximum atomic E-state index is 12.7. The van der Waals surface area contributed by atoms with Crippen molar-refractivity contribution in [3.8, 4) is 0 Å². The van der Waals surface area contributed by atoms with Crippen molar-refractivity contribution in [1.82, 2.24) is 4.98 Å². The number of aromatic nitrogens is 1. The number of carbonyl (C=O) groups excluding carboxylic acids is 2. The van der Waals surface area contributed by atoms with Gasteiger partial charge in [-0.2, -0.15) is 0 Å². The fourth-order valence-corrected chi connectivity index (χ4v) is 5.57. The number of anilines is 1. The van der Waals surface area contributed by atoms with Gasteiger partial charge in [-0.15, -0.1) is 0 Å². The quantitative estimate of drug-likeness (QED) is 0.633. The summed E-state index contributed by atoms with van der Waals surface area (Å²) in [6, 6.07) is 3.29. The maximum Gasteiger partial charge on any atom is 0.312 e. The second kappa shape index (κ2) is 5.95. The lowest BCUT2D eigenvalue weighted by Crippen LogP contribution is -2.58. The molecule has 1 aromatic rings. The van der Waals surface area contributed by atoms with Crippen molar-refractivity contribution in [2.75, 3.05) is 11.9 Å². The molecule has 4 aliphatic carbocycles. The van der Waals surface area contributed by atoms with Crippen LogP contribution in [0.5, 0.6) is 0 Å². The number of hydrogen-bond acceptors (Lipinski definition) is 5. The molecule has 134 valence electrons. The number of pyridine rings is 1. The van der Waals surface area contributed by atoms with E-state index in [4.69, 9.17) is 16.3 Å². The van der Waals surface area contributed by atoms with Gasteiger partial charge in [-0.1, -0.05) is 11.6 Å². The van der Waals surface area contributed by atoms with Crippen LogP contribution in [0.1, 0.15) is 38.5 Å². The summed E-state index contributed by atoms with van der Waals surface area (Å²) in [6.07, 6.45) is 6.19. The van der Waals surface area contributed by atoms with E-state index in [0.717, 1.165) is 32.1 Å². The number of amides is 1. The zero-order valence-corrected chi connectivity index (χ0v) is 14.6. The largest absolute Gasteiger partial charge is 0.455 e. The number of carbonyl (C=O) groups is 2. The van der Waals surface area contributed by atoms with Gasteiger partial charge in [-0.25, -0.2) is 4.98 Å². The summed E-state index contributed by atoms with van der Waals surface area (Å²) in [7, 11) is 0. The Morgan fingerprint density at radius 1 is 1.32 bits per heavy atom. The summed E-state index contributed by atoms with van der Waals surface area (Å²) in [5.41, 5.74) is -0.964. The first kappa shape index (κ1) is 16.8. The van der Waals surface area contributed by atoms with Gasteiger partial charge in [-0.3, -0.25) is 9.59 Å². The Hall–Kier alpha value is -1.66. The molecule has 4 bridgehead atoms. The average molecular weight is 365 g/mol. The van der Waals surface area contributed by atoms with Gasteiger partial charge in [-0.05, 0) is 62.5 Å². The predicted octanol–water partition coefficient (Wildman–Crippen LogP) is 2.55. The van der Waals surface area contributed by atoms with Crippen LogP contribution in [-0.2, 0) is 14.3 Å². The highest BCUT2D eigenvalue weighted by Crippen LogP contribution is 2.61. The van der Waals surface area contributed by atoms with Gasteiger partial charge in [0.2, 0.25) is 0 Å². The van der Waals surface area contributed by atoms with Crippen molar-refractivity contribution >= 4 is 29.2 Å². The number of nitrogens with one attached hydrogen (secondary N) is 1. The van der Waals surface area contributed by atoms with Gasteiger partial charge in [0, 0.05) is 6.20 Å². The number of aliphatic hydroxyl groups is 1. The van der Waals surface area contributed by atoms with Crippen molar-refractivity contribution in [2.24, 2.45) is 17.3 Å². The monoisotopic (exact) mass is 364 g/mol. The molecular formula is C18H21ClN2O4. The van der Waals surface area contributed by atoms with Gasteiger partial charge in [0.1, 0.15) is 0 Å². The first-order valence-corrected chi connectivity index (χ1v) is 9.05. The molecule has 2 unspecified atom stereocenters. The van der Waals surface area contributed by atoms with Crippen LogP contribution in [0.2, 0.25) is 5.15 Å². The summed E-state index contributed by atoms with van der Waals surface area (Å²) < 4.78 is 5.32. The Balaban J connectivity index is 1.38. The lowest BCUT2D eigenvalue weighted by atomic mass is 9.48.